The molecule has 7 nitrogen and oxygen atoms in total. The second-order valence-electron chi connectivity index (χ2n) is 4.09. The molecule has 0 atom stereocenters. The van der Waals surface area contributed by atoms with Gasteiger partial charge in [-0.25, -0.2) is 4.79 Å². The van der Waals surface area contributed by atoms with Gasteiger partial charge in [-0.1, -0.05) is 0 Å². The molecule has 0 unspecified atom stereocenters. The van der Waals surface area contributed by atoms with E-state index in [0.717, 1.165) is 6.08 Å². The zero-order chi connectivity index (χ0) is 15.7. The van der Waals surface area contributed by atoms with Gasteiger partial charge in [-0.3, -0.25) is 14.6 Å². The summed E-state index contributed by atoms with van der Waals surface area (Å²) in [6.45, 7) is 2.56. The molecule has 0 spiro atoms. The van der Waals surface area contributed by atoms with Crippen molar-refractivity contribution in [2.75, 3.05) is 13.1 Å². The Morgan fingerprint density at radius 1 is 1.33 bits per heavy atom. The highest BCUT2D eigenvalue weighted by atomic mass is 16.4. The summed E-state index contributed by atoms with van der Waals surface area (Å²) in [4.78, 5) is 37.6. The summed E-state index contributed by atoms with van der Waals surface area (Å²) in [6.07, 6.45) is 5.26. The fraction of sp³-hybridized carbons (Fsp3) is 0.286. The molecule has 0 bridgehead atoms. The number of amides is 2. The number of carbonyl (C=O) groups is 3. The number of nitrogens with one attached hydrogen (secondary N) is 2. The lowest BCUT2D eigenvalue weighted by atomic mass is 10.1. The normalized spacial score (nSPS) is 10.3. The molecule has 0 aliphatic carbocycles. The molecule has 112 valence electrons. The first-order valence-electron chi connectivity index (χ1n) is 6.44. The molecule has 0 aliphatic heterocycles. The van der Waals surface area contributed by atoms with Gasteiger partial charge in [0.25, 0.3) is 5.91 Å². The summed E-state index contributed by atoms with van der Waals surface area (Å²) >= 11 is 0. The average Bonchev–Trinajstić information content (AvgIpc) is 2.45. The van der Waals surface area contributed by atoms with Gasteiger partial charge in [0.1, 0.15) is 0 Å². The highest BCUT2D eigenvalue weighted by molar-refractivity contribution is 5.98. The van der Waals surface area contributed by atoms with Crippen molar-refractivity contribution < 1.29 is 19.5 Å². The minimum atomic E-state index is -1.11. The van der Waals surface area contributed by atoms with Gasteiger partial charge < -0.3 is 15.7 Å². The number of nitrogens with zero attached hydrogens (tertiary/aromatic N) is 1. The van der Waals surface area contributed by atoms with Crippen LogP contribution in [0.4, 0.5) is 0 Å². The van der Waals surface area contributed by atoms with Gasteiger partial charge in [0.15, 0.2) is 0 Å². The van der Waals surface area contributed by atoms with E-state index in [1.54, 1.807) is 0 Å². The Morgan fingerprint density at radius 3 is 2.76 bits per heavy atom. The number of carbonyl (C=O) groups excluding carboxylic acids is 2. The van der Waals surface area contributed by atoms with Crippen LogP contribution in [0.3, 0.4) is 0 Å². The molecule has 0 saturated carbocycles. The molecule has 0 radical (unpaired) electrons. The molecule has 3 N–H and O–H groups in total. The Labute approximate surface area is 122 Å². The molecule has 1 rings (SSSR count). The van der Waals surface area contributed by atoms with Crippen LogP contribution < -0.4 is 10.6 Å². The molecule has 0 fully saturated rings. The van der Waals surface area contributed by atoms with E-state index >= 15 is 0 Å². The van der Waals surface area contributed by atoms with Gasteiger partial charge in [0.05, 0.1) is 0 Å². The molecular formula is C14H17N3O4. The number of aliphatic carboxylic acids is 1. The Morgan fingerprint density at radius 2 is 2.10 bits per heavy atom. The molecule has 2 amide bonds. The lowest BCUT2D eigenvalue weighted by Gasteiger charge is -2.07. The van der Waals surface area contributed by atoms with Gasteiger partial charge in [0, 0.05) is 49.1 Å². The van der Waals surface area contributed by atoms with Crippen molar-refractivity contribution >= 4 is 23.9 Å². The fourth-order valence-electron chi connectivity index (χ4n) is 1.58. The molecular weight excluding hydrogens is 274 g/mol. The summed E-state index contributed by atoms with van der Waals surface area (Å²) in [5.74, 6) is -1.63. The third kappa shape index (κ3) is 5.85. The molecule has 1 aromatic heterocycles. The lowest BCUT2D eigenvalue weighted by Crippen LogP contribution is -2.30. The maximum Gasteiger partial charge on any atom is 0.328 e. The van der Waals surface area contributed by atoms with Crippen molar-refractivity contribution in [3.8, 4) is 0 Å². The van der Waals surface area contributed by atoms with Crippen molar-refractivity contribution in [2.24, 2.45) is 0 Å². The number of rotatable bonds is 7. The van der Waals surface area contributed by atoms with Gasteiger partial charge in [-0.2, -0.15) is 0 Å². The van der Waals surface area contributed by atoms with E-state index in [1.807, 2.05) is 6.92 Å². The monoisotopic (exact) mass is 291 g/mol. The number of hydrogen-bond donors (Lipinski definition) is 3. The predicted molar refractivity (Wildman–Crippen MR) is 76.5 cm³/mol. The molecule has 0 aliphatic rings. The first-order chi connectivity index (χ1) is 10.0. The van der Waals surface area contributed by atoms with Gasteiger partial charge in [-0.05, 0) is 19.1 Å². The van der Waals surface area contributed by atoms with E-state index in [2.05, 4.69) is 15.6 Å². The Balaban J connectivity index is 2.66. The number of carboxylic acids is 1. The van der Waals surface area contributed by atoms with E-state index in [1.165, 1.54) is 24.5 Å². The first-order valence-corrected chi connectivity index (χ1v) is 6.44. The largest absolute Gasteiger partial charge is 0.478 e. The highest BCUT2D eigenvalue weighted by Crippen LogP contribution is 2.09. The zero-order valence-electron chi connectivity index (χ0n) is 11.6. The molecule has 0 aromatic carbocycles. The maximum absolute atomic E-state index is 12.0. The van der Waals surface area contributed by atoms with Crippen molar-refractivity contribution in [3.05, 3.63) is 35.7 Å². The second-order valence-corrected chi connectivity index (χ2v) is 4.09. The summed E-state index contributed by atoms with van der Waals surface area (Å²) < 4.78 is 0. The van der Waals surface area contributed by atoms with Gasteiger partial charge in [0.2, 0.25) is 5.91 Å². The van der Waals surface area contributed by atoms with Crippen LogP contribution in [0.1, 0.15) is 29.3 Å². The van der Waals surface area contributed by atoms with E-state index < -0.39 is 5.97 Å². The van der Waals surface area contributed by atoms with Crippen molar-refractivity contribution in [1.82, 2.24) is 15.6 Å². The Hall–Kier alpha value is -2.70. The maximum atomic E-state index is 12.0. The van der Waals surface area contributed by atoms with Crippen LogP contribution in [0, 0.1) is 0 Å². The summed E-state index contributed by atoms with van der Waals surface area (Å²) in [6, 6.07) is 1.49. The van der Waals surface area contributed by atoms with Crippen molar-refractivity contribution in [2.45, 2.75) is 13.3 Å². The van der Waals surface area contributed by atoms with Crippen LogP contribution in [0.25, 0.3) is 6.08 Å². The predicted octanol–water partition coefficient (Wildman–Crippen LogP) is 0.435. The first kappa shape index (κ1) is 16.4. The lowest BCUT2D eigenvalue weighted by molar-refractivity contribution is -0.131. The number of carboxylic acid groups (broad SMARTS) is 1. The van der Waals surface area contributed by atoms with Crippen molar-refractivity contribution in [1.29, 1.82) is 0 Å². The van der Waals surface area contributed by atoms with E-state index in [0.29, 0.717) is 17.7 Å². The summed E-state index contributed by atoms with van der Waals surface area (Å²) in [7, 11) is 0. The molecule has 7 heteroatoms. The van der Waals surface area contributed by atoms with Crippen LogP contribution in [0.5, 0.6) is 0 Å². The van der Waals surface area contributed by atoms with Crippen LogP contribution in [-0.4, -0.2) is 41.0 Å². The quantitative estimate of drug-likeness (QED) is 0.631. The summed E-state index contributed by atoms with van der Waals surface area (Å²) in [5, 5.41) is 13.8. The molecule has 21 heavy (non-hydrogen) atoms. The zero-order valence-corrected chi connectivity index (χ0v) is 11.6. The molecule has 1 aromatic rings. The van der Waals surface area contributed by atoms with E-state index in [4.69, 9.17) is 5.11 Å². The van der Waals surface area contributed by atoms with E-state index in [9.17, 15) is 14.4 Å². The SMILES string of the molecule is CCNC(=O)CCNC(=O)c1ccncc1/C=C/C(=O)O. The van der Waals surface area contributed by atoms with E-state index in [-0.39, 0.29) is 24.8 Å². The number of hydrogen-bond acceptors (Lipinski definition) is 4. The Kier molecular flexibility index (Phi) is 6.59. The van der Waals surface area contributed by atoms with Gasteiger partial charge in [-0.15, -0.1) is 0 Å². The number of aromatic nitrogens is 1. The third-order valence-electron chi connectivity index (χ3n) is 2.51. The molecule has 0 saturated heterocycles. The molecule has 1 heterocycles. The van der Waals surface area contributed by atoms with Crippen LogP contribution >= 0.6 is 0 Å². The summed E-state index contributed by atoms with van der Waals surface area (Å²) in [5.41, 5.74) is 0.703. The minimum Gasteiger partial charge on any atom is -0.478 e. The minimum absolute atomic E-state index is 0.140. The standard InChI is InChI=1S/C14H17N3O4/c1-2-16-12(18)6-8-17-14(21)11-5-7-15-9-10(11)3-4-13(19)20/h3-5,7,9H,2,6,8H2,1H3,(H,16,18)(H,17,21)(H,19,20)/b4-3+. The average molecular weight is 291 g/mol. The van der Waals surface area contributed by atoms with Crippen LogP contribution in [0.2, 0.25) is 0 Å². The van der Waals surface area contributed by atoms with Crippen LogP contribution in [-0.2, 0) is 9.59 Å². The topological polar surface area (TPSA) is 108 Å². The van der Waals surface area contributed by atoms with Crippen LogP contribution in [0.15, 0.2) is 24.5 Å². The second kappa shape index (κ2) is 8.47. The highest BCUT2D eigenvalue weighted by Gasteiger charge is 2.10. The van der Waals surface area contributed by atoms with Gasteiger partial charge >= 0.3 is 5.97 Å². The third-order valence-corrected chi connectivity index (χ3v) is 2.51. The number of pyridine rings is 1. The van der Waals surface area contributed by atoms with Crippen molar-refractivity contribution in [3.63, 3.8) is 0 Å². The smallest absolute Gasteiger partial charge is 0.328 e. The Bertz CT molecular complexity index is 555. The fourth-order valence-corrected chi connectivity index (χ4v) is 1.58.